The van der Waals surface area contributed by atoms with Crippen LogP contribution >= 0.6 is 0 Å². The summed E-state index contributed by atoms with van der Waals surface area (Å²) >= 11 is 0. The van der Waals surface area contributed by atoms with Gasteiger partial charge >= 0.3 is 11.9 Å². The summed E-state index contributed by atoms with van der Waals surface area (Å²) in [5.74, 6) is -0.634. The average Bonchev–Trinajstić information content (AvgIpc) is 2.36. The minimum atomic E-state index is -0.688. The molecule has 0 saturated heterocycles. The smallest absolute Gasteiger partial charge is 0.333 e. The van der Waals surface area contributed by atoms with Crippen LogP contribution in [0.25, 0.3) is 0 Å². The zero-order valence-corrected chi connectivity index (χ0v) is 9.62. The summed E-state index contributed by atoms with van der Waals surface area (Å²) in [7, 11) is 2.70. The monoisotopic (exact) mass is 224 g/mol. The van der Waals surface area contributed by atoms with Crippen molar-refractivity contribution in [2.75, 3.05) is 14.2 Å². The third-order valence-electron chi connectivity index (χ3n) is 2.98. The molecule has 0 saturated carbocycles. The Morgan fingerprint density at radius 1 is 1.44 bits per heavy atom. The lowest BCUT2D eigenvalue weighted by atomic mass is 9.75. The van der Waals surface area contributed by atoms with E-state index in [-0.39, 0.29) is 11.9 Å². The first-order valence-electron chi connectivity index (χ1n) is 5.09. The fourth-order valence-electron chi connectivity index (χ4n) is 1.84. The van der Waals surface area contributed by atoms with Gasteiger partial charge in [0.05, 0.1) is 19.6 Å². The van der Waals surface area contributed by atoms with Gasteiger partial charge in [-0.2, -0.15) is 0 Å². The van der Waals surface area contributed by atoms with Crippen LogP contribution in [0.5, 0.6) is 0 Å². The van der Waals surface area contributed by atoms with Gasteiger partial charge < -0.3 is 9.47 Å². The second-order valence-corrected chi connectivity index (χ2v) is 3.78. The Kier molecular flexibility index (Phi) is 3.88. The number of allylic oxidation sites excluding steroid dienone is 1. The van der Waals surface area contributed by atoms with Gasteiger partial charge in [-0.3, -0.25) is 4.79 Å². The Morgan fingerprint density at radius 3 is 2.50 bits per heavy atom. The highest BCUT2D eigenvalue weighted by atomic mass is 16.5. The zero-order valence-electron chi connectivity index (χ0n) is 9.62. The normalized spacial score (nSPS) is 24.2. The summed E-state index contributed by atoms with van der Waals surface area (Å²) in [6, 6.07) is 0. The Bertz CT molecular complexity index is 343. The van der Waals surface area contributed by atoms with Crippen LogP contribution in [0.1, 0.15) is 19.3 Å². The van der Waals surface area contributed by atoms with Crippen molar-refractivity contribution in [1.82, 2.24) is 0 Å². The van der Waals surface area contributed by atoms with E-state index >= 15 is 0 Å². The van der Waals surface area contributed by atoms with E-state index in [0.29, 0.717) is 24.8 Å². The Labute approximate surface area is 94.9 Å². The number of carbonyl (C=O) groups excluding carboxylic acids is 2. The van der Waals surface area contributed by atoms with Gasteiger partial charge in [0, 0.05) is 5.57 Å². The first kappa shape index (κ1) is 12.5. The molecule has 0 heterocycles. The molecule has 0 fully saturated rings. The van der Waals surface area contributed by atoms with Crippen molar-refractivity contribution in [3.8, 4) is 0 Å². The maximum Gasteiger partial charge on any atom is 0.333 e. The summed E-state index contributed by atoms with van der Waals surface area (Å²) in [5, 5.41) is 0. The molecule has 1 rings (SSSR count). The minimum absolute atomic E-state index is 0.303. The lowest BCUT2D eigenvalue weighted by Crippen LogP contribution is -2.32. The standard InChI is InChI=1S/C12H16O4/c1-4-12(11(14)16-3)7-5-9(6-8-12)10(13)15-2/h4-5H,1,6-8H2,2-3H3/t12-/m0/s1. The maximum atomic E-state index is 11.6. The molecule has 4 heteroatoms. The number of ether oxygens (including phenoxy) is 2. The predicted octanol–water partition coefficient (Wildman–Crippen LogP) is 1.62. The molecule has 1 atom stereocenters. The molecule has 0 aromatic carbocycles. The van der Waals surface area contributed by atoms with Crippen molar-refractivity contribution in [1.29, 1.82) is 0 Å². The molecule has 0 N–H and O–H groups in total. The summed E-state index contributed by atoms with van der Waals surface area (Å²) in [4.78, 5) is 22.9. The maximum absolute atomic E-state index is 11.6. The summed E-state index contributed by atoms with van der Waals surface area (Å²) < 4.78 is 9.38. The second-order valence-electron chi connectivity index (χ2n) is 3.78. The van der Waals surface area contributed by atoms with E-state index in [9.17, 15) is 9.59 Å². The van der Waals surface area contributed by atoms with Crippen LogP contribution in [0.3, 0.4) is 0 Å². The fourth-order valence-corrected chi connectivity index (χ4v) is 1.84. The van der Waals surface area contributed by atoms with Gasteiger partial charge in [0.1, 0.15) is 0 Å². The summed E-state index contributed by atoms with van der Waals surface area (Å²) in [5.41, 5.74) is -0.0735. The van der Waals surface area contributed by atoms with Crippen molar-refractivity contribution in [3.05, 3.63) is 24.3 Å². The second kappa shape index (κ2) is 4.96. The molecule has 0 radical (unpaired) electrons. The molecule has 16 heavy (non-hydrogen) atoms. The molecule has 0 spiro atoms. The number of rotatable bonds is 3. The van der Waals surface area contributed by atoms with Gasteiger partial charge in [-0.15, -0.1) is 6.58 Å². The summed E-state index contributed by atoms with van der Waals surface area (Å²) in [6.07, 6.45) is 4.81. The molecular formula is C12H16O4. The number of hydrogen-bond donors (Lipinski definition) is 0. The molecule has 0 aromatic rings. The van der Waals surface area contributed by atoms with Crippen LogP contribution in [0.2, 0.25) is 0 Å². The van der Waals surface area contributed by atoms with Crippen molar-refractivity contribution >= 4 is 11.9 Å². The molecule has 1 aliphatic rings. The predicted molar refractivity (Wildman–Crippen MR) is 58.6 cm³/mol. The Morgan fingerprint density at radius 2 is 2.12 bits per heavy atom. The fraction of sp³-hybridized carbons (Fsp3) is 0.500. The lowest BCUT2D eigenvalue weighted by molar-refractivity contribution is -0.150. The molecule has 0 aromatic heterocycles. The molecule has 0 amide bonds. The molecule has 4 nitrogen and oxygen atoms in total. The number of esters is 2. The molecule has 88 valence electrons. The molecule has 0 unspecified atom stereocenters. The largest absolute Gasteiger partial charge is 0.468 e. The zero-order chi connectivity index (χ0) is 12.2. The quantitative estimate of drug-likeness (QED) is 0.540. The minimum Gasteiger partial charge on any atom is -0.468 e. The average molecular weight is 224 g/mol. The molecule has 0 aliphatic heterocycles. The first-order chi connectivity index (χ1) is 7.59. The van der Waals surface area contributed by atoms with E-state index in [1.165, 1.54) is 14.2 Å². The Balaban J connectivity index is 2.85. The van der Waals surface area contributed by atoms with E-state index in [1.54, 1.807) is 12.2 Å². The first-order valence-corrected chi connectivity index (χ1v) is 5.09. The van der Waals surface area contributed by atoms with Gasteiger partial charge in [-0.25, -0.2) is 4.79 Å². The van der Waals surface area contributed by atoms with Crippen molar-refractivity contribution in [2.45, 2.75) is 19.3 Å². The molecular weight excluding hydrogens is 208 g/mol. The highest BCUT2D eigenvalue weighted by Crippen LogP contribution is 2.37. The van der Waals surface area contributed by atoms with Crippen LogP contribution in [0.4, 0.5) is 0 Å². The van der Waals surface area contributed by atoms with Gasteiger partial charge in [0.2, 0.25) is 0 Å². The lowest BCUT2D eigenvalue weighted by Gasteiger charge is -2.30. The number of hydrogen-bond acceptors (Lipinski definition) is 4. The van der Waals surface area contributed by atoms with Crippen LogP contribution in [0, 0.1) is 5.41 Å². The van der Waals surface area contributed by atoms with E-state index in [0.717, 1.165) is 0 Å². The van der Waals surface area contributed by atoms with E-state index in [2.05, 4.69) is 11.3 Å². The van der Waals surface area contributed by atoms with E-state index < -0.39 is 5.41 Å². The van der Waals surface area contributed by atoms with Crippen molar-refractivity contribution in [2.24, 2.45) is 5.41 Å². The van der Waals surface area contributed by atoms with Crippen LogP contribution < -0.4 is 0 Å². The van der Waals surface area contributed by atoms with Crippen molar-refractivity contribution in [3.63, 3.8) is 0 Å². The van der Waals surface area contributed by atoms with Crippen LogP contribution in [-0.4, -0.2) is 26.2 Å². The molecule has 0 bridgehead atoms. The third-order valence-corrected chi connectivity index (χ3v) is 2.98. The van der Waals surface area contributed by atoms with Crippen LogP contribution in [-0.2, 0) is 19.1 Å². The highest BCUT2D eigenvalue weighted by molar-refractivity contribution is 5.89. The van der Waals surface area contributed by atoms with E-state index in [1.807, 2.05) is 0 Å². The van der Waals surface area contributed by atoms with Crippen molar-refractivity contribution < 1.29 is 19.1 Å². The Hall–Kier alpha value is -1.58. The number of carbonyl (C=O) groups is 2. The van der Waals surface area contributed by atoms with Crippen LogP contribution in [0.15, 0.2) is 24.3 Å². The van der Waals surface area contributed by atoms with Gasteiger partial charge in [0.25, 0.3) is 0 Å². The van der Waals surface area contributed by atoms with E-state index in [4.69, 9.17) is 4.74 Å². The van der Waals surface area contributed by atoms with Gasteiger partial charge in [-0.05, 0) is 19.3 Å². The SMILES string of the molecule is C=C[C@]1(C(=O)OC)CC=C(C(=O)OC)CC1. The topological polar surface area (TPSA) is 52.6 Å². The summed E-state index contributed by atoms with van der Waals surface area (Å²) in [6.45, 7) is 3.67. The highest BCUT2D eigenvalue weighted by Gasteiger charge is 2.38. The van der Waals surface area contributed by atoms with Gasteiger partial charge in [-0.1, -0.05) is 12.2 Å². The number of methoxy groups -OCH3 is 2. The molecule has 1 aliphatic carbocycles. The third kappa shape index (κ3) is 2.15. The van der Waals surface area contributed by atoms with Gasteiger partial charge in [0.15, 0.2) is 0 Å².